The molecule has 1 spiro atoms. The Bertz CT molecular complexity index is 781. The smallest absolute Gasteiger partial charge is 0.233 e. The van der Waals surface area contributed by atoms with Crippen molar-refractivity contribution in [2.45, 2.75) is 64.5 Å². The fourth-order valence-electron chi connectivity index (χ4n) is 6.89. The zero-order valence-electron chi connectivity index (χ0n) is 18.2. The number of carbonyl (C=O) groups is 1. The number of likely N-dealkylation sites (tertiary alicyclic amines) is 1. The fourth-order valence-corrected chi connectivity index (χ4v) is 6.89. The molecule has 5 rings (SSSR count). The van der Waals surface area contributed by atoms with Crippen LogP contribution in [0.1, 0.15) is 51.0 Å². The molecular formula is C24H37N4O+. The maximum absolute atomic E-state index is 13.4. The van der Waals surface area contributed by atoms with E-state index in [-0.39, 0.29) is 5.41 Å². The molecule has 0 aliphatic carbocycles. The first-order valence-corrected chi connectivity index (χ1v) is 11.8. The summed E-state index contributed by atoms with van der Waals surface area (Å²) < 4.78 is 1.14. The van der Waals surface area contributed by atoms with Gasteiger partial charge in [-0.1, -0.05) is 0 Å². The van der Waals surface area contributed by atoms with E-state index in [0.29, 0.717) is 18.0 Å². The Hall–Kier alpha value is -1.43. The Kier molecular flexibility index (Phi) is 4.96. The third-order valence-electron chi connectivity index (χ3n) is 8.65. The van der Waals surface area contributed by atoms with E-state index < -0.39 is 0 Å². The summed E-state index contributed by atoms with van der Waals surface area (Å²) in [6, 6.07) is 8.39. The molecule has 158 valence electrons. The van der Waals surface area contributed by atoms with Gasteiger partial charge in [-0.25, -0.2) is 0 Å². The lowest BCUT2D eigenvalue weighted by Crippen LogP contribution is -2.59. The SMILES string of the molecule is Cc1cc([N+]2([C@@H]3CCNC3)CCC[C@H]2C)ccc1N1CCC2(CCNCC2)C1=O. The maximum Gasteiger partial charge on any atom is 0.233 e. The Labute approximate surface area is 175 Å². The van der Waals surface area contributed by atoms with Gasteiger partial charge in [-0.3, -0.25) is 9.28 Å². The molecule has 4 aliphatic rings. The van der Waals surface area contributed by atoms with Crippen LogP contribution in [0.5, 0.6) is 0 Å². The summed E-state index contributed by atoms with van der Waals surface area (Å²) in [4.78, 5) is 15.5. The van der Waals surface area contributed by atoms with Crippen LogP contribution in [0.2, 0.25) is 0 Å². The minimum absolute atomic E-state index is 0.108. The van der Waals surface area contributed by atoms with Crippen LogP contribution in [0.15, 0.2) is 18.2 Å². The van der Waals surface area contributed by atoms with Crippen molar-refractivity contribution in [3.05, 3.63) is 23.8 Å². The van der Waals surface area contributed by atoms with Crippen molar-refractivity contribution in [2.75, 3.05) is 44.2 Å². The molecule has 1 aromatic rings. The van der Waals surface area contributed by atoms with Gasteiger partial charge < -0.3 is 15.5 Å². The lowest BCUT2D eigenvalue weighted by atomic mass is 9.77. The number of anilines is 1. The molecule has 2 N–H and O–H groups in total. The van der Waals surface area contributed by atoms with Crippen LogP contribution >= 0.6 is 0 Å². The van der Waals surface area contributed by atoms with Crippen molar-refractivity contribution in [3.8, 4) is 0 Å². The normalized spacial score (nSPS) is 34.4. The molecule has 0 bridgehead atoms. The monoisotopic (exact) mass is 397 g/mol. The second-order valence-corrected chi connectivity index (χ2v) is 10.00. The van der Waals surface area contributed by atoms with Crippen LogP contribution in [0, 0.1) is 12.3 Å². The Morgan fingerprint density at radius 1 is 1.10 bits per heavy atom. The Morgan fingerprint density at radius 2 is 1.93 bits per heavy atom. The van der Waals surface area contributed by atoms with Gasteiger partial charge in [-0.2, -0.15) is 0 Å². The first kappa shape index (κ1) is 19.5. The number of nitrogens with one attached hydrogen (secondary N) is 2. The summed E-state index contributed by atoms with van der Waals surface area (Å²) in [5.74, 6) is 0.369. The van der Waals surface area contributed by atoms with E-state index in [4.69, 9.17) is 0 Å². The van der Waals surface area contributed by atoms with Crippen LogP contribution in [0.4, 0.5) is 11.4 Å². The van der Waals surface area contributed by atoms with Gasteiger partial charge in [0, 0.05) is 56.7 Å². The summed E-state index contributed by atoms with van der Waals surface area (Å²) in [5.41, 5.74) is 3.77. The van der Waals surface area contributed by atoms with E-state index in [9.17, 15) is 4.79 Å². The standard InChI is InChI=1S/C24H37N4O/c1-18-16-20(28(15-3-4-19(28)2)21-7-11-26-17-21)5-6-22(18)27-14-10-24(23(27)29)8-12-25-13-9-24/h5-6,16,19,21,25-26H,3-4,7-15,17H2,1-2H3/q+1/t19-,21-,28?/m1/s1. The van der Waals surface area contributed by atoms with E-state index in [1.165, 1.54) is 37.1 Å². The average Bonchev–Trinajstić information content (AvgIpc) is 3.45. The Morgan fingerprint density at radius 3 is 2.59 bits per heavy atom. The molecule has 4 fully saturated rings. The quantitative estimate of drug-likeness (QED) is 0.771. The topological polar surface area (TPSA) is 44.4 Å². The van der Waals surface area contributed by atoms with Crippen molar-refractivity contribution in [1.82, 2.24) is 15.1 Å². The molecular weight excluding hydrogens is 360 g/mol. The largest absolute Gasteiger partial charge is 0.317 e. The van der Waals surface area contributed by atoms with Crippen molar-refractivity contribution in [1.29, 1.82) is 0 Å². The number of hydrogen-bond acceptors (Lipinski definition) is 3. The lowest BCUT2D eigenvalue weighted by molar-refractivity contribution is -0.126. The number of carbonyl (C=O) groups excluding carboxylic acids is 1. The molecule has 4 heterocycles. The first-order valence-electron chi connectivity index (χ1n) is 11.8. The molecule has 0 radical (unpaired) electrons. The maximum atomic E-state index is 13.4. The minimum atomic E-state index is -0.108. The first-order chi connectivity index (χ1) is 14.1. The molecule has 4 saturated heterocycles. The summed E-state index contributed by atoms with van der Waals surface area (Å²) in [6.45, 7) is 11.0. The van der Waals surface area contributed by atoms with Gasteiger partial charge >= 0.3 is 0 Å². The molecule has 1 aromatic carbocycles. The zero-order chi connectivity index (χ0) is 20.1. The van der Waals surface area contributed by atoms with Crippen LogP contribution in [-0.2, 0) is 4.79 Å². The number of amides is 1. The summed E-state index contributed by atoms with van der Waals surface area (Å²) >= 11 is 0. The number of aryl methyl sites for hydroxylation is 1. The van der Waals surface area contributed by atoms with Gasteiger partial charge in [0.2, 0.25) is 5.91 Å². The van der Waals surface area contributed by atoms with Gasteiger partial charge in [-0.05, 0) is 57.8 Å². The number of hydrogen-bond donors (Lipinski definition) is 2. The number of piperidine rings is 1. The molecule has 29 heavy (non-hydrogen) atoms. The number of quaternary nitrogens is 1. The average molecular weight is 398 g/mol. The molecule has 4 aliphatic heterocycles. The fraction of sp³-hybridized carbons (Fsp3) is 0.708. The van der Waals surface area contributed by atoms with Crippen molar-refractivity contribution in [2.24, 2.45) is 5.41 Å². The summed E-state index contributed by atoms with van der Waals surface area (Å²) in [5, 5.41) is 7.02. The van der Waals surface area contributed by atoms with E-state index in [1.54, 1.807) is 0 Å². The number of rotatable bonds is 3. The predicted octanol–water partition coefficient (Wildman–Crippen LogP) is 2.95. The third-order valence-corrected chi connectivity index (χ3v) is 8.65. The van der Waals surface area contributed by atoms with Crippen molar-refractivity contribution < 1.29 is 4.79 Å². The molecule has 1 unspecified atom stereocenters. The van der Waals surface area contributed by atoms with E-state index in [2.05, 4.69) is 47.6 Å². The van der Waals surface area contributed by atoms with E-state index >= 15 is 0 Å². The second-order valence-electron chi connectivity index (χ2n) is 10.00. The highest BCUT2D eigenvalue weighted by Crippen LogP contribution is 2.44. The van der Waals surface area contributed by atoms with E-state index in [1.807, 2.05) is 0 Å². The van der Waals surface area contributed by atoms with Gasteiger partial charge in [0.1, 0.15) is 11.7 Å². The summed E-state index contributed by atoms with van der Waals surface area (Å²) in [6.07, 6.45) is 6.90. The highest BCUT2D eigenvalue weighted by molar-refractivity contribution is 6.00. The van der Waals surface area contributed by atoms with Crippen molar-refractivity contribution >= 4 is 17.3 Å². The number of nitrogens with zero attached hydrogens (tertiary/aromatic N) is 2. The second kappa shape index (κ2) is 7.36. The highest BCUT2D eigenvalue weighted by Gasteiger charge is 2.49. The predicted molar refractivity (Wildman–Crippen MR) is 119 cm³/mol. The van der Waals surface area contributed by atoms with Crippen LogP contribution in [-0.4, -0.2) is 57.3 Å². The van der Waals surface area contributed by atoms with Crippen molar-refractivity contribution in [3.63, 3.8) is 0 Å². The molecule has 0 aromatic heterocycles. The molecule has 3 atom stereocenters. The minimum Gasteiger partial charge on any atom is -0.317 e. The van der Waals surface area contributed by atoms with Gasteiger partial charge in [-0.15, -0.1) is 0 Å². The molecule has 0 saturated carbocycles. The molecule has 1 amide bonds. The number of benzene rings is 1. The zero-order valence-corrected chi connectivity index (χ0v) is 18.2. The third kappa shape index (κ3) is 2.96. The Balaban J connectivity index is 1.45. The molecule has 5 heteroatoms. The van der Waals surface area contributed by atoms with E-state index in [0.717, 1.165) is 62.2 Å². The van der Waals surface area contributed by atoms with Crippen LogP contribution < -0.4 is 20.0 Å². The highest BCUT2D eigenvalue weighted by atomic mass is 16.2. The summed E-state index contributed by atoms with van der Waals surface area (Å²) in [7, 11) is 0. The van der Waals surface area contributed by atoms with Gasteiger partial charge in [0.05, 0.1) is 18.0 Å². The van der Waals surface area contributed by atoms with Gasteiger partial charge in [0.15, 0.2) is 0 Å². The molecule has 5 nitrogen and oxygen atoms in total. The lowest BCUT2D eigenvalue weighted by Gasteiger charge is -2.43. The van der Waals surface area contributed by atoms with Crippen LogP contribution in [0.3, 0.4) is 0 Å². The van der Waals surface area contributed by atoms with Gasteiger partial charge in [0.25, 0.3) is 0 Å². The van der Waals surface area contributed by atoms with Crippen LogP contribution in [0.25, 0.3) is 0 Å².